The van der Waals surface area contributed by atoms with E-state index in [0.29, 0.717) is 55.8 Å². The molecule has 0 aliphatic heterocycles. The van der Waals surface area contributed by atoms with E-state index in [4.69, 9.17) is 4.74 Å². The smallest absolute Gasteiger partial charge is 0.193 e. The molecule has 4 N–H and O–H groups in total. The summed E-state index contributed by atoms with van der Waals surface area (Å²) in [7, 11) is 1.60. The first-order valence-corrected chi connectivity index (χ1v) is 15.9. The predicted molar refractivity (Wildman–Crippen MR) is 170 cm³/mol. The topological polar surface area (TPSA) is 110 Å². The van der Waals surface area contributed by atoms with Gasteiger partial charge in [0, 0.05) is 29.6 Å². The lowest BCUT2D eigenvalue weighted by Crippen LogP contribution is -2.54. The van der Waals surface area contributed by atoms with Crippen molar-refractivity contribution in [3.05, 3.63) is 76.4 Å². The molecule has 7 heteroatoms. The summed E-state index contributed by atoms with van der Waals surface area (Å²) in [5.41, 5.74) is 2.68. The number of ketones is 1. The third kappa shape index (κ3) is 7.58. The highest BCUT2D eigenvalue weighted by Gasteiger charge is 2.57. The van der Waals surface area contributed by atoms with Crippen LogP contribution in [0.1, 0.15) is 98.7 Å². The summed E-state index contributed by atoms with van der Waals surface area (Å²) in [5.74, 6) is 0.535. The molecular formula is C36H51NO6. The number of hydrogen-bond acceptors (Lipinski definition) is 7. The van der Waals surface area contributed by atoms with Crippen molar-refractivity contribution in [3.63, 3.8) is 0 Å². The number of aliphatic hydroxyl groups is 4. The van der Waals surface area contributed by atoms with Crippen molar-refractivity contribution in [1.82, 2.24) is 4.90 Å². The van der Waals surface area contributed by atoms with Crippen LogP contribution in [0, 0.1) is 5.41 Å². The number of allylic oxidation sites excluding steroid dienone is 2. The third-order valence-corrected chi connectivity index (χ3v) is 9.97. The van der Waals surface area contributed by atoms with Gasteiger partial charge in [-0.15, -0.1) is 0 Å². The Hall–Kier alpha value is -2.55. The van der Waals surface area contributed by atoms with E-state index >= 15 is 0 Å². The molecule has 2 bridgehead atoms. The summed E-state index contributed by atoms with van der Waals surface area (Å²) in [5, 5.41) is 43.2. The molecule has 3 aliphatic rings. The Morgan fingerprint density at radius 1 is 1.14 bits per heavy atom. The van der Waals surface area contributed by atoms with Crippen LogP contribution in [0.3, 0.4) is 0 Å². The second-order valence-corrected chi connectivity index (χ2v) is 13.1. The summed E-state index contributed by atoms with van der Waals surface area (Å²) >= 11 is 0. The lowest BCUT2D eigenvalue weighted by Gasteiger charge is -2.46. The van der Waals surface area contributed by atoms with E-state index in [1.807, 2.05) is 12.1 Å². The van der Waals surface area contributed by atoms with Crippen molar-refractivity contribution in [1.29, 1.82) is 0 Å². The molecule has 7 nitrogen and oxygen atoms in total. The lowest BCUT2D eigenvalue weighted by atomic mass is 9.64. The van der Waals surface area contributed by atoms with Crippen LogP contribution in [0.4, 0.5) is 0 Å². The normalized spacial score (nSPS) is 27.0. The van der Waals surface area contributed by atoms with Gasteiger partial charge in [-0.1, -0.05) is 37.6 Å². The van der Waals surface area contributed by atoms with Gasteiger partial charge in [-0.2, -0.15) is 0 Å². The number of ether oxygens (including phenoxy) is 1. The third-order valence-electron chi connectivity index (χ3n) is 9.97. The van der Waals surface area contributed by atoms with Crippen LogP contribution in [0.15, 0.2) is 54.1 Å². The average molecular weight is 594 g/mol. The number of carbonyl (C=O) groups excluding carboxylic acids is 1. The van der Waals surface area contributed by atoms with Gasteiger partial charge in [-0.05, 0) is 112 Å². The average Bonchev–Trinajstić information content (AvgIpc) is 3.24. The Balaban J connectivity index is 1.81. The maximum absolute atomic E-state index is 14.2. The highest BCUT2D eigenvalue weighted by molar-refractivity contribution is 6.10. The summed E-state index contributed by atoms with van der Waals surface area (Å²) in [4.78, 5) is 16.2. The minimum atomic E-state index is -1.06. The molecule has 0 spiro atoms. The summed E-state index contributed by atoms with van der Waals surface area (Å²) in [6.45, 7) is 7.43. The molecule has 0 heterocycles. The maximum Gasteiger partial charge on any atom is 0.193 e. The van der Waals surface area contributed by atoms with Gasteiger partial charge in [0.1, 0.15) is 5.75 Å². The number of hydrogen-bond donors (Lipinski definition) is 4. The minimum Gasteiger partial charge on any atom is -0.497 e. The zero-order valence-corrected chi connectivity index (χ0v) is 26.4. The highest BCUT2D eigenvalue weighted by atomic mass is 16.5. The Labute approximate surface area is 257 Å². The number of carbonyl (C=O) groups is 1. The van der Waals surface area contributed by atoms with Gasteiger partial charge in [0.2, 0.25) is 0 Å². The number of benzene rings is 2. The molecule has 0 saturated heterocycles. The van der Waals surface area contributed by atoms with Crippen molar-refractivity contribution in [3.8, 4) is 5.75 Å². The SMILES string of the molecule is CCCN(C[C@H](O)CO)C[C@]1(O)CC[C@H]2c3ccc(cc3C(=O)c3ccc(OC)cc3)C[C@@H](O)CCC(C)=CCC[C@@]21C. The highest BCUT2D eigenvalue weighted by Crippen LogP contribution is 2.58. The number of rotatable bonds is 10. The quantitative estimate of drug-likeness (QED) is 0.226. The first-order chi connectivity index (χ1) is 20.5. The van der Waals surface area contributed by atoms with Crippen LogP contribution < -0.4 is 4.74 Å². The maximum atomic E-state index is 14.2. The van der Waals surface area contributed by atoms with Crippen LogP contribution in [-0.2, 0) is 6.42 Å². The van der Waals surface area contributed by atoms with Gasteiger partial charge in [0.15, 0.2) is 5.78 Å². The Morgan fingerprint density at radius 2 is 1.88 bits per heavy atom. The zero-order valence-electron chi connectivity index (χ0n) is 26.4. The molecule has 0 unspecified atom stereocenters. The lowest BCUT2D eigenvalue weighted by molar-refractivity contribution is -0.0891. The summed E-state index contributed by atoms with van der Waals surface area (Å²) in [6, 6.07) is 13.2. The largest absolute Gasteiger partial charge is 0.497 e. The van der Waals surface area contributed by atoms with E-state index in [1.165, 1.54) is 5.57 Å². The molecule has 5 rings (SSSR count). The van der Waals surface area contributed by atoms with E-state index in [2.05, 4.69) is 37.8 Å². The van der Waals surface area contributed by atoms with Gasteiger partial charge in [0.25, 0.3) is 0 Å². The standard InChI is InChI=1S/C36H51NO6/c1-5-19-37(22-29(40)23-38)24-36(42)18-16-33-31-15-9-26(20-28(39)12-8-25(2)7-6-17-35(33,36)3)21-32(31)34(41)27-10-13-30(43-4)14-11-27/h7,9-11,13-15,21,28-29,33,38-40,42H,5-6,8,12,16-20,22-24H2,1-4H3/t28-,29-,33-,35-,36+/m0/s1. The van der Waals surface area contributed by atoms with Gasteiger partial charge >= 0.3 is 0 Å². The molecule has 0 aromatic heterocycles. The monoisotopic (exact) mass is 593 g/mol. The first-order valence-electron chi connectivity index (χ1n) is 15.9. The molecule has 2 aromatic rings. The zero-order chi connectivity index (χ0) is 31.2. The van der Waals surface area contributed by atoms with Gasteiger partial charge in [0.05, 0.1) is 31.5 Å². The summed E-state index contributed by atoms with van der Waals surface area (Å²) in [6.07, 6.45) is 6.47. The van der Waals surface area contributed by atoms with Gasteiger partial charge in [-0.25, -0.2) is 0 Å². The number of nitrogens with zero attached hydrogens (tertiary/aromatic N) is 1. The molecule has 1 saturated carbocycles. The fraction of sp³-hybridized carbons (Fsp3) is 0.583. The van der Waals surface area contributed by atoms with Crippen LogP contribution >= 0.6 is 0 Å². The summed E-state index contributed by atoms with van der Waals surface area (Å²) < 4.78 is 5.31. The Kier molecular flexibility index (Phi) is 11.2. The molecular weight excluding hydrogens is 542 g/mol. The van der Waals surface area contributed by atoms with Crippen molar-refractivity contribution in [2.75, 3.05) is 33.4 Å². The molecule has 1 fully saturated rings. The molecule has 2 aromatic carbocycles. The molecule has 0 amide bonds. The minimum absolute atomic E-state index is 0.0726. The van der Waals surface area contributed by atoms with E-state index in [9.17, 15) is 25.2 Å². The van der Waals surface area contributed by atoms with Crippen LogP contribution in [-0.4, -0.2) is 82.3 Å². The van der Waals surface area contributed by atoms with Gasteiger partial charge < -0.3 is 25.2 Å². The van der Waals surface area contributed by atoms with Crippen molar-refractivity contribution < 1.29 is 30.0 Å². The fourth-order valence-electron chi connectivity index (χ4n) is 7.37. The molecule has 236 valence electrons. The van der Waals surface area contributed by atoms with Crippen LogP contribution in [0.2, 0.25) is 0 Å². The van der Waals surface area contributed by atoms with E-state index in [-0.39, 0.29) is 18.3 Å². The Morgan fingerprint density at radius 3 is 2.56 bits per heavy atom. The first kappa shape index (κ1) is 33.3. The second kappa shape index (κ2) is 14.5. The number of fused-ring (bicyclic) bond motifs is 8. The molecule has 43 heavy (non-hydrogen) atoms. The van der Waals surface area contributed by atoms with E-state index < -0.39 is 23.2 Å². The number of aliphatic hydroxyl groups excluding tert-OH is 3. The van der Waals surface area contributed by atoms with Gasteiger partial charge in [-0.3, -0.25) is 9.69 Å². The van der Waals surface area contributed by atoms with Crippen molar-refractivity contribution in [2.45, 2.75) is 95.9 Å². The van der Waals surface area contributed by atoms with E-state index in [1.54, 1.807) is 31.4 Å². The molecule has 5 atom stereocenters. The van der Waals surface area contributed by atoms with Crippen molar-refractivity contribution in [2.24, 2.45) is 5.41 Å². The second-order valence-electron chi connectivity index (χ2n) is 13.1. The van der Waals surface area contributed by atoms with E-state index in [0.717, 1.165) is 43.2 Å². The fourth-order valence-corrected chi connectivity index (χ4v) is 7.37. The number of methoxy groups -OCH3 is 1. The Bertz CT molecular complexity index is 1260. The van der Waals surface area contributed by atoms with Crippen LogP contribution in [0.5, 0.6) is 5.75 Å². The predicted octanol–water partition coefficient (Wildman–Crippen LogP) is 5.03. The molecule has 0 radical (unpaired) electrons. The van der Waals surface area contributed by atoms with Crippen LogP contribution in [0.25, 0.3) is 0 Å². The molecule has 3 aliphatic carbocycles. The van der Waals surface area contributed by atoms with Crippen molar-refractivity contribution >= 4 is 5.78 Å².